The monoisotopic (exact) mass is 731 g/mol. The lowest BCUT2D eigenvalue weighted by Gasteiger charge is -2.20. The van der Waals surface area contributed by atoms with Crippen LogP contribution in [0.2, 0.25) is 0 Å². The van der Waals surface area contributed by atoms with Crippen molar-refractivity contribution in [2.45, 2.75) is 12.8 Å². The average molecular weight is 732 g/mol. The van der Waals surface area contributed by atoms with E-state index >= 15 is 0 Å². The highest BCUT2D eigenvalue weighted by Gasteiger charge is 2.25. The zero-order valence-electron chi connectivity index (χ0n) is 31.4. The molecule has 3 aromatic heterocycles. The van der Waals surface area contributed by atoms with Crippen LogP contribution in [0.25, 0.3) is 88.9 Å². The van der Waals surface area contributed by atoms with E-state index in [1.165, 1.54) is 32.8 Å². The molecule has 57 heavy (non-hydrogen) atoms. The lowest BCUT2D eigenvalue weighted by Crippen LogP contribution is -2.15. The minimum Gasteiger partial charge on any atom is -0.309 e. The molecule has 0 radical (unpaired) electrons. The Morgan fingerprint density at radius 1 is 0.421 bits per heavy atom. The first-order valence-electron chi connectivity index (χ1n) is 19.6. The number of allylic oxidation sites excluding steroid dienone is 4. The molecular weight excluding hydrogens is 695 g/mol. The highest BCUT2D eigenvalue weighted by molar-refractivity contribution is 6.28. The Bertz CT molecular complexity index is 3190. The van der Waals surface area contributed by atoms with Gasteiger partial charge in [0.1, 0.15) is 5.82 Å². The van der Waals surface area contributed by atoms with Gasteiger partial charge in [0.2, 0.25) is 5.95 Å². The first-order chi connectivity index (χ1) is 28.2. The standard InChI is InChI=1S/C52H37N5/c1-34-15-8-9-22-41(34)51-53-50(37-29-27-36(28-30-37)39-19-14-18-38(33-39)35-16-4-2-5-17-35)54-52(55-51)57-45-26-13-11-24-43(45)49-47(57)32-31-46-48(49)42-23-10-12-25-44(42)56(46)40-20-6-3-7-21-40/h2-34,41H,1H3. The van der Waals surface area contributed by atoms with Gasteiger partial charge in [-0.15, -0.1) is 0 Å². The van der Waals surface area contributed by atoms with Crippen LogP contribution in [0.3, 0.4) is 0 Å². The molecule has 2 unspecified atom stereocenters. The third-order valence-corrected chi connectivity index (χ3v) is 11.5. The summed E-state index contributed by atoms with van der Waals surface area (Å²) in [6.07, 6.45) is 8.65. The maximum Gasteiger partial charge on any atom is 0.238 e. The Hall–Kier alpha value is -7.37. The summed E-state index contributed by atoms with van der Waals surface area (Å²) in [6, 6.07) is 60.4. The molecule has 1 aliphatic rings. The van der Waals surface area contributed by atoms with Crippen molar-refractivity contribution >= 4 is 43.6 Å². The Balaban J connectivity index is 1.11. The number of nitrogens with zero attached hydrogens (tertiary/aromatic N) is 5. The SMILES string of the molecule is CC1C=CC=CC1c1nc(-c2ccc(-c3cccc(-c4ccccc4)c3)cc2)nc(-n2c3ccccc3c3c4c5ccccc5n(-c5ccccc5)c4ccc32)n1. The van der Waals surface area contributed by atoms with Crippen molar-refractivity contribution in [3.05, 3.63) is 200 Å². The first kappa shape index (κ1) is 33.0. The van der Waals surface area contributed by atoms with Crippen LogP contribution >= 0.6 is 0 Å². The van der Waals surface area contributed by atoms with Crippen molar-refractivity contribution in [2.75, 3.05) is 0 Å². The lowest BCUT2D eigenvalue weighted by atomic mass is 9.89. The van der Waals surface area contributed by atoms with Crippen LogP contribution in [-0.4, -0.2) is 24.1 Å². The molecule has 10 aromatic rings. The van der Waals surface area contributed by atoms with Crippen molar-refractivity contribution in [1.82, 2.24) is 24.1 Å². The van der Waals surface area contributed by atoms with Gasteiger partial charge in [-0.25, -0.2) is 4.98 Å². The summed E-state index contributed by atoms with van der Waals surface area (Å²) in [4.78, 5) is 15.8. The zero-order chi connectivity index (χ0) is 37.9. The van der Waals surface area contributed by atoms with E-state index in [0.29, 0.717) is 11.8 Å². The van der Waals surface area contributed by atoms with Gasteiger partial charge < -0.3 is 4.57 Å². The second-order valence-corrected chi connectivity index (χ2v) is 14.9. The number of hydrogen-bond acceptors (Lipinski definition) is 3. The van der Waals surface area contributed by atoms with Gasteiger partial charge in [0.05, 0.1) is 22.1 Å². The average Bonchev–Trinajstić information content (AvgIpc) is 3.80. The first-order valence-corrected chi connectivity index (χ1v) is 19.6. The van der Waals surface area contributed by atoms with Crippen molar-refractivity contribution < 1.29 is 0 Å². The van der Waals surface area contributed by atoms with Gasteiger partial charge in [0, 0.05) is 38.7 Å². The Kier molecular flexibility index (Phi) is 7.78. The second kappa shape index (κ2) is 13.4. The summed E-state index contributed by atoms with van der Waals surface area (Å²) in [5.41, 5.74) is 11.2. The Labute approximate surface area is 330 Å². The predicted molar refractivity (Wildman–Crippen MR) is 235 cm³/mol. The summed E-state index contributed by atoms with van der Waals surface area (Å²) in [6.45, 7) is 2.23. The van der Waals surface area contributed by atoms with Crippen LogP contribution in [0.4, 0.5) is 0 Å². The maximum absolute atomic E-state index is 5.32. The molecule has 0 fully saturated rings. The number of benzene rings is 7. The molecular formula is C52H37N5. The van der Waals surface area contributed by atoms with E-state index in [9.17, 15) is 0 Å². The Morgan fingerprint density at radius 3 is 1.65 bits per heavy atom. The van der Waals surface area contributed by atoms with Gasteiger partial charge >= 0.3 is 0 Å². The van der Waals surface area contributed by atoms with Gasteiger partial charge in [-0.05, 0) is 70.6 Å². The molecule has 5 heteroatoms. The highest BCUT2D eigenvalue weighted by atomic mass is 15.2. The number of para-hydroxylation sites is 3. The summed E-state index contributed by atoms with van der Waals surface area (Å²) in [7, 11) is 0. The molecule has 1 aliphatic carbocycles. The number of rotatable bonds is 6. The molecule has 270 valence electrons. The summed E-state index contributed by atoms with van der Waals surface area (Å²) in [5.74, 6) is 2.28. The molecule has 5 nitrogen and oxygen atoms in total. The van der Waals surface area contributed by atoms with Crippen LogP contribution in [0.5, 0.6) is 0 Å². The van der Waals surface area contributed by atoms with Crippen molar-refractivity contribution in [3.8, 4) is 45.3 Å². The molecule has 3 heterocycles. The number of hydrogen-bond donors (Lipinski definition) is 0. The van der Waals surface area contributed by atoms with E-state index in [1.54, 1.807) is 0 Å². The molecule has 0 aliphatic heterocycles. The summed E-state index contributed by atoms with van der Waals surface area (Å²) < 4.78 is 4.62. The van der Waals surface area contributed by atoms with Crippen molar-refractivity contribution in [2.24, 2.45) is 5.92 Å². The van der Waals surface area contributed by atoms with Crippen molar-refractivity contribution in [3.63, 3.8) is 0 Å². The van der Waals surface area contributed by atoms with E-state index < -0.39 is 0 Å². The zero-order valence-corrected chi connectivity index (χ0v) is 31.4. The van der Waals surface area contributed by atoms with Crippen LogP contribution in [0.15, 0.2) is 194 Å². The predicted octanol–water partition coefficient (Wildman–Crippen LogP) is 12.9. The maximum atomic E-state index is 5.32. The topological polar surface area (TPSA) is 48.5 Å². The molecule has 0 N–H and O–H groups in total. The van der Waals surface area contributed by atoms with E-state index in [2.05, 4.69) is 210 Å². The van der Waals surface area contributed by atoms with Gasteiger partial charge in [0.25, 0.3) is 0 Å². The fraction of sp³-hybridized carbons (Fsp3) is 0.0577. The third kappa shape index (κ3) is 5.50. The second-order valence-electron chi connectivity index (χ2n) is 14.9. The molecule has 0 amide bonds. The molecule has 0 spiro atoms. The van der Waals surface area contributed by atoms with Crippen LogP contribution in [0, 0.1) is 5.92 Å². The number of fused-ring (bicyclic) bond motifs is 7. The van der Waals surface area contributed by atoms with E-state index in [0.717, 1.165) is 50.1 Å². The van der Waals surface area contributed by atoms with Gasteiger partial charge in [-0.1, -0.05) is 159 Å². The third-order valence-electron chi connectivity index (χ3n) is 11.5. The normalized spacial score (nSPS) is 15.3. The molecule has 0 bridgehead atoms. The van der Waals surface area contributed by atoms with Crippen LogP contribution in [-0.2, 0) is 0 Å². The molecule has 2 atom stereocenters. The van der Waals surface area contributed by atoms with E-state index in [-0.39, 0.29) is 11.8 Å². The minimum atomic E-state index is 0.0131. The van der Waals surface area contributed by atoms with Gasteiger partial charge in [-0.3, -0.25) is 4.57 Å². The fourth-order valence-corrected chi connectivity index (χ4v) is 8.71. The molecule has 11 rings (SSSR count). The summed E-state index contributed by atoms with van der Waals surface area (Å²) in [5, 5.41) is 4.78. The lowest BCUT2D eigenvalue weighted by molar-refractivity contribution is 0.597. The van der Waals surface area contributed by atoms with Gasteiger partial charge in [-0.2, -0.15) is 9.97 Å². The van der Waals surface area contributed by atoms with E-state index in [1.807, 2.05) is 0 Å². The van der Waals surface area contributed by atoms with E-state index in [4.69, 9.17) is 15.0 Å². The quantitative estimate of drug-likeness (QED) is 0.171. The Morgan fingerprint density at radius 2 is 0.965 bits per heavy atom. The molecule has 7 aromatic carbocycles. The smallest absolute Gasteiger partial charge is 0.238 e. The minimum absolute atomic E-state index is 0.0131. The number of aromatic nitrogens is 5. The van der Waals surface area contributed by atoms with Crippen LogP contribution in [0.1, 0.15) is 18.7 Å². The van der Waals surface area contributed by atoms with Crippen LogP contribution < -0.4 is 0 Å². The van der Waals surface area contributed by atoms with Crippen molar-refractivity contribution in [1.29, 1.82) is 0 Å². The summed E-state index contributed by atoms with van der Waals surface area (Å²) >= 11 is 0. The fourth-order valence-electron chi connectivity index (χ4n) is 8.71. The molecule has 0 saturated heterocycles. The molecule has 0 saturated carbocycles. The largest absolute Gasteiger partial charge is 0.309 e. The highest BCUT2D eigenvalue weighted by Crippen LogP contribution is 2.42. The van der Waals surface area contributed by atoms with Gasteiger partial charge in [0.15, 0.2) is 5.82 Å².